The van der Waals surface area contributed by atoms with Gasteiger partial charge in [-0.3, -0.25) is 0 Å². The molecule has 172 valence electrons. The van der Waals surface area contributed by atoms with Crippen LogP contribution in [0, 0.1) is 0 Å². The minimum absolute atomic E-state index is 0.285. The van der Waals surface area contributed by atoms with Gasteiger partial charge in [0.1, 0.15) is 11.6 Å². The quantitative estimate of drug-likeness (QED) is 0.210. The van der Waals surface area contributed by atoms with E-state index in [2.05, 4.69) is 4.90 Å². The Labute approximate surface area is 219 Å². The van der Waals surface area contributed by atoms with Crippen LogP contribution in [0.15, 0.2) is 79.1 Å². The summed E-state index contributed by atoms with van der Waals surface area (Å²) in [5.74, 6) is 0. The van der Waals surface area contributed by atoms with Gasteiger partial charge in [0.05, 0.1) is 13.3 Å². The van der Waals surface area contributed by atoms with E-state index in [0.717, 1.165) is 21.7 Å². The summed E-state index contributed by atoms with van der Waals surface area (Å²) in [5.41, 5.74) is 2.34. The topological polar surface area (TPSA) is 15.7 Å². The van der Waals surface area contributed by atoms with Crippen LogP contribution < -0.4 is 0 Å². The van der Waals surface area contributed by atoms with Crippen LogP contribution >= 0.6 is 58.0 Å². The van der Waals surface area contributed by atoms with Crippen molar-refractivity contribution in [1.29, 1.82) is 0 Å². The highest BCUT2D eigenvalue weighted by Crippen LogP contribution is 2.33. The van der Waals surface area contributed by atoms with Crippen LogP contribution in [0.3, 0.4) is 0 Å². The summed E-state index contributed by atoms with van der Waals surface area (Å²) in [6.45, 7) is 1.57. The Balaban J connectivity index is 1.48. The van der Waals surface area contributed by atoms with E-state index >= 15 is 0 Å². The molecule has 4 rings (SSSR count). The number of hydrogen-bond acceptors (Lipinski definition) is 3. The van der Waals surface area contributed by atoms with Gasteiger partial charge in [-0.1, -0.05) is 94.4 Å². The lowest BCUT2D eigenvalue weighted by Crippen LogP contribution is -2.35. The van der Waals surface area contributed by atoms with Crippen LogP contribution in [0.25, 0.3) is 0 Å². The van der Waals surface area contributed by atoms with Crippen LogP contribution in [0.5, 0.6) is 0 Å². The van der Waals surface area contributed by atoms with Crippen LogP contribution in [0.1, 0.15) is 22.8 Å². The average molecular weight is 543 g/mol. The summed E-state index contributed by atoms with van der Waals surface area (Å²) in [4.78, 5) is 4.17. The largest absolute Gasteiger partial charge is 0.365 e. The van der Waals surface area contributed by atoms with Crippen LogP contribution in [-0.2, 0) is 17.9 Å². The SMILES string of the molecule is Clc1ccc(C(OCc2ccc(Cl)cc2Cl)C(Cl)N2C=CN(Cc3ccccc3Cl)C2)cc1. The highest BCUT2D eigenvalue weighted by molar-refractivity contribution is 6.35. The summed E-state index contributed by atoms with van der Waals surface area (Å²) >= 11 is 31.8. The predicted octanol–water partition coefficient (Wildman–Crippen LogP) is 8.37. The number of benzene rings is 3. The smallest absolute Gasteiger partial charge is 0.135 e. The zero-order chi connectivity index (χ0) is 23.4. The standard InChI is InChI=1S/C25H21Cl5N2O/c26-20-8-5-17(6-9-20)24(33-15-19-7-10-21(27)13-23(19)29)25(30)32-12-11-31(16-32)14-18-3-1-2-4-22(18)28/h1-13,24-25H,14-16H2. The molecule has 0 radical (unpaired) electrons. The van der Waals surface area contributed by atoms with E-state index in [9.17, 15) is 0 Å². The van der Waals surface area contributed by atoms with Gasteiger partial charge in [-0.25, -0.2) is 0 Å². The number of ether oxygens (including phenoxy) is 1. The van der Waals surface area contributed by atoms with Gasteiger partial charge in [0.25, 0.3) is 0 Å². The van der Waals surface area contributed by atoms with Crippen molar-refractivity contribution in [2.24, 2.45) is 0 Å². The van der Waals surface area contributed by atoms with Gasteiger partial charge in [0.15, 0.2) is 0 Å². The fraction of sp³-hybridized carbons (Fsp3) is 0.200. The first kappa shape index (κ1) is 24.5. The molecule has 3 nitrogen and oxygen atoms in total. The Hall–Kier alpha value is -1.59. The normalized spacial score (nSPS) is 15.2. The first-order valence-electron chi connectivity index (χ1n) is 10.3. The maximum Gasteiger partial charge on any atom is 0.135 e. The van der Waals surface area contributed by atoms with E-state index < -0.39 is 11.6 Å². The first-order valence-corrected chi connectivity index (χ1v) is 12.2. The lowest BCUT2D eigenvalue weighted by Gasteiger charge is -2.32. The number of nitrogens with zero attached hydrogens (tertiary/aromatic N) is 2. The van der Waals surface area contributed by atoms with E-state index in [-0.39, 0.29) is 6.61 Å². The zero-order valence-corrected chi connectivity index (χ0v) is 21.3. The van der Waals surface area contributed by atoms with Crippen molar-refractivity contribution in [2.45, 2.75) is 24.8 Å². The van der Waals surface area contributed by atoms with Crippen molar-refractivity contribution in [3.63, 3.8) is 0 Å². The van der Waals surface area contributed by atoms with Crippen molar-refractivity contribution >= 4 is 58.0 Å². The number of alkyl halides is 1. The van der Waals surface area contributed by atoms with Crippen molar-refractivity contribution in [1.82, 2.24) is 9.80 Å². The summed E-state index contributed by atoms with van der Waals surface area (Å²) in [5, 5.41) is 2.52. The second-order valence-corrected chi connectivity index (χ2v) is 9.82. The van der Waals surface area contributed by atoms with E-state index in [1.54, 1.807) is 12.1 Å². The maximum absolute atomic E-state index is 6.97. The summed E-state index contributed by atoms with van der Waals surface area (Å²) < 4.78 is 6.30. The zero-order valence-electron chi connectivity index (χ0n) is 17.5. The maximum atomic E-state index is 6.97. The summed E-state index contributed by atoms with van der Waals surface area (Å²) in [6.07, 6.45) is 3.55. The van der Waals surface area contributed by atoms with Gasteiger partial charge < -0.3 is 14.5 Å². The molecule has 3 aromatic carbocycles. The van der Waals surface area contributed by atoms with Crippen molar-refractivity contribution in [3.05, 3.63) is 116 Å². The molecule has 0 saturated heterocycles. The fourth-order valence-corrected chi connectivity index (χ4v) is 4.70. The Morgan fingerprint density at radius 1 is 0.788 bits per heavy atom. The molecule has 0 amide bonds. The molecule has 0 aliphatic carbocycles. The fourth-order valence-electron chi connectivity index (χ4n) is 3.57. The van der Waals surface area contributed by atoms with Gasteiger partial charge in [0, 0.05) is 39.0 Å². The molecule has 0 N–H and O–H groups in total. The molecule has 33 heavy (non-hydrogen) atoms. The minimum Gasteiger partial charge on any atom is -0.365 e. The molecular formula is C25H21Cl5N2O. The molecule has 0 aromatic heterocycles. The minimum atomic E-state index is -0.468. The molecule has 2 unspecified atom stereocenters. The third-order valence-corrected chi connectivity index (χ3v) is 7.03. The van der Waals surface area contributed by atoms with Gasteiger partial charge >= 0.3 is 0 Å². The lowest BCUT2D eigenvalue weighted by molar-refractivity contribution is 0.00658. The van der Waals surface area contributed by atoms with Gasteiger partial charge in [-0.15, -0.1) is 0 Å². The number of rotatable bonds is 8. The Bertz CT molecular complexity index is 1120. The Kier molecular flexibility index (Phi) is 8.34. The second-order valence-electron chi connectivity index (χ2n) is 7.68. The van der Waals surface area contributed by atoms with Crippen LogP contribution in [-0.4, -0.2) is 22.0 Å². The summed E-state index contributed by atoms with van der Waals surface area (Å²) in [6, 6.07) is 20.7. The molecule has 0 fully saturated rings. The summed E-state index contributed by atoms with van der Waals surface area (Å²) in [7, 11) is 0. The van der Waals surface area contributed by atoms with Crippen molar-refractivity contribution < 1.29 is 4.74 Å². The molecule has 2 atom stereocenters. The van der Waals surface area contributed by atoms with Gasteiger partial charge in [0.2, 0.25) is 0 Å². The van der Waals surface area contributed by atoms with Gasteiger partial charge in [-0.2, -0.15) is 0 Å². The Morgan fingerprint density at radius 3 is 2.24 bits per heavy atom. The van der Waals surface area contributed by atoms with E-state index in [1.807, 2.05) is 71.9 Å². The third kappa shape index (κ3) is 6.30. The molecular weight excluding hydrogens is 522 g/mol. The molecule has 1 aliphatic heterocycles. The highest BCUT2D eigenvalue weighted by Gasteiger charge is 2.29. The molecule has 0 bridgehead atoms. The first-order chi connectivity index (χ1) is 15.9. The highest BCUT2D eigenvalue weighted by atomic mass is 35.5. The molecule has 0 spiro atoms. The second kappa shape index (κ2) is 11.2. The molecule has 0 saturated carbocycles. The van der Waals surface area contributed by atoms with E-state index in [1.165, 1.54) is 0 Å². The van der Waals surface area contributed by atoms with Crippen molar-refractivity contribution in [2.75, 3.05) is 6.67 Å². The molecule has 8 heteroatoms. The predicted molar refractivity (Wildman–Crippen MR) is 138 cm³/mol. The van der Waals surface area contributed by atoms with Crippen LogP contribution in [0.2, 0.25) is 20.1 Å². The van der Waals surface area contributed by atoms with Crippen LogP contribution in [0.4, 0.5) is 0 Å². The molecule has 1 aliphatic rings. The van der Waals surface area contributed by atoms with Crippen molar-refractivity contribution in [3.8, 4) is 0 Å². The van der Waals surface area contributed by atoms with E-state index in [4.69, 9.17) is 62.7 Å². The number of hydrogen-bond donors (Lipinski definition) is 0. The number of halogens is 5. The van der Waals surface area contributed by atoms with E-state index in [0.29, 0.717) is 28.3 Å². The Morgan fingerprint density at radius 2 is 1.52 bits per heavy atom. The molecule has 3 aromatic rings. The monoisotopic (exact) mass is 540 g/mol. The molecule has 1 heterocycles. The van der Waals surface area contributed by atoms with Gasteiger partial charge in [-0.05, 0) is 47.0 Å². The third-order valence-electron chi connectivity index (χ3n) is 5.34. The average Bonchev–Trinajstić information content (AvgIpc) is 3.26. The lowest BCUT2D eigenvalue weighted by atomic mass is 10.1.